The van der Waals surface area contributed by atoms with Crippen LogP contribution in [-0.4, -0.2) is 63.9 Å². The molecule has 0 saturated carbocycles. The van der Waals surface area contributed by atoms with E-state index in [9.17, 15) is 0 Å². The van der Waals surface area contributed by atoms with Crippen molar-refractivity contribution >= 4 is 17.3 Å². The van der Waals surface area contributed by atoms with Crippen molar-refractivity contribution in [3.63, 3.8) is 0 Å². The number of nitrogens with zero attached hydrogens (tertiary/aromatic N) is 4. The summed E-state index contributed by atoms with van der Waals surface area (Å²) in [6, 6.07) is 12.5. The van der Waals surface area contributed by atoms with Gasteiger partial charge in [-0.3, -0.25) is 9.88 Å². The smallest absolute Gasteiger partial charge is 0.170 e. The molecule has 7 nitrogen and oxygen atoms in total. The van der Waals surface area contributed by atoms with Crippen LogP contribution in [0.3, 0.4) is 0 Å². The highest BCUT2D eigenvalue weighted by Crippen LogP contribution is 2.41. The molecule has 8 heteroatoms. The van der Waals surface area contributed by atoms with Crippen LogP contribution in [0, 0.1) is 13.8 Å². The number of aromatic nitrogens is 2. The summed E-state index contributed by atoms with van der Waals surface area (Å²) in [4.78, 5) is 9.54. The molecule has 5 heterocycles. The van der Waals surface area contributed by atoms with Crippen molar-refractivity contribution in [2.75, 3.05) is 39.4 Å². The van der Waals surface area contributed by atoms with Crippen molar-refractivity contribution in [3.8, 4) is 0 Å². The fraction of sp³-hybridized carbons (Fsp3) is 0.462. The van der Waals surface area contributed by atoms with Crippen LogP contribution in [0.2, 0.25) is 0 Å². The number of hydrogen-bond donors (Lipinski definition) is 1. The Morgan fingerprint density at radius 1 is 1.12 bits per heavy atom. The Balaban J connectivity index is 1.42. The van der Waals surface area contributed by atoms with Crippen molar-refractivity contribution in [2.24, 2.45) is 0 Å². The number of rotatable bonds is 8. The van der Waals surface area contributed by atoms with Gasteiger partial charge in [-0.15, -0.1) is 0 Å². The first-order valence-corrected chi connectivity index (χ1v) is 12.5. The van der Waals surface area contributed by atoms with Gasteiger partial charge in [-0.25, -0.2) is 0 Å². The topological polar surface area (TPSA) is 58.7 Å². The standard InChI is InChI=1S/C26H33N5O2S/c1-19-17-22(20(2)31(19)18-21-7-5-14-33-21)25-24(23-8-3-4-9-27-23)28-26(34)30(25)11-6-10-29-12-15-32-16-13-29/h3-5,7-9,14,17,24-25H,6,10-13,15-16,18H2,1-2H3,(H,28,34)/t24-,25+/m0/s1. The van der Waals surface area contributed by atoms with Crippen LogP contribution >= 0.6 is 12.2 Å². The predicted octanol–water partition coefficient (Wildman–Crippen LogP) is 3.84. The summed E-state index contributed by atoms with van der Waals surface area (Å²) >= 11 is 5.87. The molecule has 3 aromatic rings. The van der Waals surface area contributed by atoms with Gasteiger partial charge in [-0.1, -0.05) is 6.07 Å². The Morgan fingerprint density at radius 2 is 1.97 bits per heavy atom. The van der Waals surface area contributed by atoms with E-state index in [0.29, 0.717) is 0 Å². The van der Waals surface area contributed by atoms with Crippen molar-refractivity contribution in [1.29, 1.82) is 0 Å². The molecule has 180 valence electrons. The first kappa shape index (κ1) is 23.1. The predicted molar refractivity (Wildman–Crippen MR) is 136 cm³/mol. The summed E-state index contributed by atoms with van der Waals surface area (Å²) in [5.41, 5.74) is 4.76. The Kier molecular flexibility index (Phi) is 6.99. The summed E-state index contributed by atoms with van der Waals surface area (Å²) in [5.74, 6) is 0.956. The number of thiocarbonyl (C=S) groups is 1. The summed E-state index contributed by atoms with van der Waals surface area (Å²) in [7, 11) is 0. The van der Waals surface area contributed by atoms with E-state index in [1.807, 2.05) is 30.5 Å². The van der Waals surface area contributed by atoms with E-state index in [0.717, 1.165) is 68.9 Å². The highest BCUT2D eigenvalue weighted by molar-refractivity contribution is 7.80. The molecular formula is C26H33N5O2S. The fourth-order valence-electron chi connectivity index (χ4n) is 5.20. The molecule has 2 saturated heterocycles. The van der Waals surface area contributed by atoms with E-state index >= 15 is 0 Å². The number of pyridine rings is 1. The van der Waals surface area contributed by atoms with E-state index < -0.39 is 0 Å². The normalized spacial score (nSPS) is 21.2. The van der Waals surface area contributed by atoms with Crippen LogP contribution < -0.4 is 5.32 Å². The van der Waals surface area contributed by atoms with Gasteiger partial charge in [0, 0.05) is 43.8 Å². The monoisotopic (exact) mass is 479 g/mol. The number of furan rings is 1. The molecule has 0 radical (unpaired) electrons. The molecular weight excluding hydrogens is 446 g/mol. The zero-order chi connectivity index (χ0) is 23.5. The first-order valence-electron chi connectivity index (χ1n) is 12.1. The van der Waals surface area contributed by atoms with Crippen molar-refractivity contribution in [3.05, 3.63) is 77.3 Å². The number of nitrogens with one attached hydrogen (secondary N) is 1. The molecule has 2 atom stereocenters. The lowest BCUT2D eigenvalue weighted by molar-refractivity contribution is 0.0365. The van der Waals surface area contributed by atoms with E-state index in [-0.39, 0.29) is 12.1 Å². The summed E-state index contributed by atoms with van der Waals surface area (Å²) in [5, 5.41) is 4.40. The molecule has 0 aromatic carbocycles. The van der Waals surface area contributed by atoms with Gasteiger partial charge in [0.1, 0.15) is 5.76 Å². The lowest BCUT2D eigenvalue weighted by Gasteiger charge is -2.30. The largest absolute Gasteiger partial charge is 0.467 e. The second-order valence-electron chi connectivity index (χ2n) is 9.12. The van der Waals surface area contributed by atoms with E-state index in [1.165, 1.54) is 17.0 Å². The quantitative estimate of drug-likeness (QED) is 0.493. The second kappa shape index (κ2) is 10.3. The molecule has 0 spiro atoms. The van der Waals surface area contributed by atoms with Crippen LogP contribution in [0.1, 0.15) is 46.9 Å². The maximum Gasteiger partial charge on any atom is 0.170 e. The van der Waals surface area contributed by atoms with Gasteiger partial charge in [0.15, 0.2) is 5.11 Å². The summed E-state index contributed by atoms with van der Waals surface area (Å²) < 4.78 is 13.5. The minimum atomic E-state index is 0.00893. The second-order valence-corrected chi connectivity index (χ2v) is 9.51. The number of hydrogen-bond acceptors (Lipinski definition) is 5. The number of ether oxygens (including phenoxy) is 1. The fourth-order valence-corrected chi connectivity index (χ4v) is 5.53. The molecule has 34 heavy (non-hydrogen) atoms. The SMILES string of the molecule is Cc1cc([C@@H]2[C@H](c3ccccn3)NC(=S)N2CCCN2CCOCC2)c(C)n1Cc1ccco1. The van der Waals surface area contributed by atoms with Gasteiger partial charge in [-0.05, 0) is 68.4 Å². The highest BCUT2D eigenvalue weighted by atomic mass is 32.1. The van der Waals surface area contributed by atoms with Crippen LogP contribution in [0.25, 0.3) is 0 Å². The van der Waals surface area contributed by atoms with Crippen LogP contribution in [0.5, 0.6) is 0 Å². The molecule has 2 aliphatic heterocycles. The molecule has 0 bridgehead atoms. The Labute approximate surface area is 206 Å². The average molecular weight is 480 g/mol. The Hall–Kier alpha value is -2.68. The molecule has 2 aliphatic rings. The zero-order valence-corrected chi connectivity index (χ0v) is 20.8. The third-order valence-corrected chi connectivity index (χ3v) is 7.35. The molecule has 3 aromatic heterocycles. The van der Waals surface area contributed by atoms with Gasteiger partial charge in [-0.2, -0.15) is 0 Å². The third-order valence-electron chi connectivity index (χ3n) is 7.00. The Bertz CT molecular complexity index is 1090. The third kappa shape index (κ3) is 4.76. The molecule has 5 rings (SSSR count). The van der Waals surface area contributed by atoms with Gasteiger partial charge in [0.2, 0.25) is 0 Å². The summed E-state index contributed by atoms with van der Waals surface area (Å²) in [6.07, 6.45) is 4.65. The highest BCUT2D eigenvalue weighted by Gasteiger charge is 2.41. The first-order chi connectivity index (χ1) is 16.6. The average Bonchev–Trinajstić information content (AvgIpc) is 3.56. The lowest BCUT2D eigenvalue weighted by atomic mass is 9.96. The van der Waals surface area contributed by atoms with Crippen LogP contribution in [-0.2, 0) is 11.3 Å². The maximum atomic E-state index is 5.87. The minimum absolute atomic E-state index is 0.00893. The van der Waals surface area contributed by atoms with Gasteiger partial charge in [0.05, 0.1) is 43.8 Å². The van der Waals surface area contributed by atoms with E-state index in [4.69, 9.17) is 21.4 Å². The van der Waals surface area contributed by atoms with Gasteiger partial charge >= 0.3 is 0 Å². The molecule has 1 N–H and O–H groups in total. The molecule has 2 fully saturated rings. The summed E-state index contributed by atoms with van der Waals surface area (Å²) in [6.45, 7) is 10.7. The maximum absolute atomic E-state index is 5.87. The minimum Gasteiger partial charge on any atom is -0.467 e. The van der Waals surface area contributed by atoms with Crippen molar-refractivity contribution < 1.29 is 9.15 Å². The van der Waals surface area contributed by atoms with Crippen molar-refractivity contribution in [1.82, 2.24) is 24.7 Å². The van der Waals surface area contributed by atoms with Crippen LogP contribution in [0.4, 0.5) is 0 Å². The zero-order valence-electron chi connectivity index (χ0n) is 19.9. The lowest BCUT2D eigenvalue weighted by Crippen LogP contribution is -2.39. The van der Waals surface area contributed by atoms with E-state index in [2.05, 4.69) is 50.6 Å². The number of aryl methyl sites for hydroxylation is 1. The molecule has 0 unspecified atom stereocenters. The van der Waals surface area contributed by atoms with Crippen LogP contribution in [0.15, 0.2) is 53.3 Å². The molecule has 0 amide bonds. The van der Waals surface area contributed by atoms with E-state index in [1.54, 1.807) is 6.26 Å². The van der Waals surface area contributed by atoms with Gasteiger partial charge in [0.25, 0.3) is 0 Å². The molecule has 0 aliphatic carbocycles. The Morgan fingerprint density at radius 3 is 2.71 bits per heavy atom. The number of morpholine rings is 1. The van der Waals surface area contributed by atoms with Gasteiger partial charge < -0.3 is 23.9 Å². The van der Waals surface area contributed by atoms with Crippen molar-refractivity contribution in [2.45, 2.75) is 38.9 Å².